The van der Waals surface area contributed by atoms with Crippen molar-refractivity contribution in [2.75, 3.05) is 31.6 Å². The maximum absolute atomic E-state index is 12.7. The first kappa shape index (κ1) is 18.0. The van der Waals surface area contributed by atoms with E-state index >= 15 is 0 Å². The van der Waals surface area contributed by atoms with E-state index in [2.05, 4.69) is 0 Å². The molecule has 1 saturated heterocycles. The number of carbonyl (C=O) groups excluding carboxylic acids is 2. The zero-order valence-electron chi connectivity index (χ0n) is 15.0. The number of benzene rings is 2. The SMILES string of the molecule is CN(C(=O)C1CCN(C(=O)COc2ccccc2)CC1)c1ccccc1. The van der Waals surface area contributed by atoms with Gasteiger partial charge >= 0.3 is 0 Å². The van der Waals surface area contributed by atoms with Gasteiger partial charge in [0.05, 0.1) is 0 Å². The fourth-order valence-electron chi connectivity index (χ4n) is 3.18. The molecule has 0 radical (unpaired) electrons. The first-order valence-electron chi connectivity index (χ1n) is 8.93. The lowest BCUT2D eigenvalue weighted by atomic mass is 9.95. The summed E-state index contributed by atoms with van der Waals surface area (Å²) in [5.74, 6) is 0.731. The minimum Gasteiger partial charge on any atom is -0.484 e. The molecular weight excluding hydrogens is 328 g/mol. The van der Waals surface area contributed by atoms with Gasteiger partial charge in [-0.05, 0) is 37.1 Å². The zero-order chi connectivity index (χ0) is 18.4. The molecule has 1 aliphatic heterocycles. The van der Waals surface area contributed by atoms with Gasteiger partial charge in [-0.3, -0.25) is 9.59 Å². The van der Waals surface area contributed by atoms with Crippen molar-refractivity contribution in [3.05, 3.63) is 60.7 Å². The van der Waals surface area contributed by atoms with Crippen LogP contribution in [0.25, 0.3) is 0 Å². The van der Waals surface area contributed by atoms with Crippen LogP contribution >= 0.6 is 0 Å². The highest BCUT2D eigenvalue weighted by Crippen LogP contribution is 2.22. The molecule has 2 aromatic carbocycles. The summed E-state index contributed by atoms with van der Waals surface area (Å²) in [5, 5.41) is 0. The molecule has 136 valence electrons. The van der Waals surface area contributed by atoms with E-state index in [1.807, 2.05) is 67.7 Å². The highest BCUT2D eigenvalue weighted by atomic mass is 16.5. The van der Waals surface area contributed by atoms with Gasteiger partial charge in [0.15, 0.2) is 6.61 Å². The lowest BCUT2D eigenvalue weighted by molar-refractivity contribution is -0.136. The molecular formula is C21H24N2O3. The number of piperidine rings is 1. The standard InChI is InChI=1S/C21H24N2O3/c1-22(18-8-4-2-5-9-18)21(25)17-12-14-23(15-13-17)20(24)16-26-19-10-6-3-7-11-19/h2-11,17H,12-16H2,1H3. The predicted molar refractivity (Wildman–Crippen MR) is 101 cm³/mol. The summed E-state index contributed by atoms with van der Waals surface area (Å²) in [6.45, 7) is 1.22. The van der Waals surface area contributed by atoms with E-state index in [4.69, 9.17) is 4.74 Å². The summed E-state index contributed by atoms with van der Waals surface area (Å²) in [5.41, 5.74) is 0.896. The van der Waals surface area contributed by atoms with Gasteiger partial charge in [0.1, 0.15) is 5.75 Å². The van der Waals surface area contributed by atoms with Crippen LogP contribution in [0.2, 0.25) is 0 Å². The van der Waals surface area contributed by atoms with Crippen LogP contribution in [0, 0.1) is 5.92 Å². The van der Waals surface area contributed by atoms with Crippen LogP contribution in [-0.4, -0.2) is 43.5 Å². The summed E-state index contributed by atoms with van der Waals surface area (Å²) in [6.07, 6.45) is 1.38. The van der Waals surface area contributed by atoms with E-state index in [-0.39, 0.29) is 24.3 Å². The van der Waals surface area contributed by atoms with Crippen LogP contribution in [0.5, 0.6) is 5.75 Å². The van der Waals surface area contributed by atoms with Gasteiger partial charge in [-0.15, -0.1) is 0 Å². The molecule has 0 aliphatic carbocycles. The first-order valence-corrected chi connectivity index (χ1v) is 8.93. The van der Waals surface area contributed by atoms with Crippen molar-refractivity contribution in [2.45, 2.75) is 12.8 Å². The van der Waals surface area contributed by atoms with Crippen LogP contribution in [0.3, 0.4) is 0 Å². The fraction of sp³-hybridized carbons (Fsp3) is 0.333. The number of nitrogens with zero attached hydrogens (tertiary/aromatic N) is 2. The predicted octanol–water partition coefficient (Wildman–Crippen LogP) is 2.97. The number of hydrogen-bond acceptors (Lipinski definition) is 3. The Morgan fingerprint density at radius 2 is 1.58 bits per heavy atom. The van der Waals surface area contributed by atoms with Crippen molar-refractivity contribution in [1.82, 2.24) is 4.90 Å². The van der Waals surface area contributed by atoms with Crippen LogP contribution in [-0.2, 0) is 9.59 Å². The summed E-state index contributed by atoms with van der Waals surface area (Å²) in [4.78, 5) is 28.5. The Labute approximate surface area is 154 Å². The second-order valence-electron chi connectivity index (χ2n) is 6.49. The van der Waals surface area contributed by atoms with Crippen molar-refractivity contribution in [2.24, 2.45) is 5.92 Å². The second-order valence-corrected chi connectivity index (χ2v) is 6.49. The molecule has 2 amide bonds. The number of para-hydroxylation sites is 2. The lowest BCUT2D eigenvalue weighted by Crippen LogP contribution is -2.45. The first-order chi connectivity index (χ1) is 12.6. The molecule has 1 heterocycles. The van der Waals surface area contributed by atoms with Crippen molar-refractivity contribution in [3.63, 3.8) is 0 Å². The third-order valence-corrected chi connectivity index (χ3v) is 4.78. The van der Waals surface area contributed by atoms with Gasteiger partial charge in [-0.1, -0.05) is 36.4 Å². The highest BCUT2D eigenvalue weighted by Gasteiger charge is 2.29. The number of likely N-dealkylation sites (tertiary alicyclic amines) is 1. The van der Waals surface area contributed by atoms with Gasteiger partial charge in [0.25, 0.3) is 5.91 Å². The Morgan fingerprint density at radius 3 is 2.19 bits per heavy atom. The van der Waals surface area contributed by atoms with Gasteiger partial charge in [-0.2, -0.15) is 0 Å². The average molecular weight is 352 g/mol. The number of amides is 2. The molecule has 0 aromatic heterocycles. The number of ether oxygens (including phenoxy) is 1. The molecule has 5 nitrogen and oxygen atoms in total. The third-order valence-electron chi connectivity index (χ3n) is 4.78. The smallest absolute Gasteiger partial charge is 0.260 e. The van der Waals surface area contributed by atoms with Crippen molar-refractivity contribution >= 4 is 17.5 Å². The number of carbonyl (C=O) groups is 2. The molecule has 3 rings (SSSR count). The summed E-state index contributed by atoms with van der Waals surface area (Å²) in [7, 11) is 1.81. The Balaban J connectivity index is 1.47. The third kappa shape index (κ3) is 4.42. The molecule has 0 atom stereocenters. The average Bonchev–Trinajstić information content (AvgIpc) is 2.72. The highest BCUT2D eigenvalue weighted by molar-refractivity contribution is 5.94. The van der Waals surface area contributed by atoms with Crippen LogP contribution in [0.1, 0.15) is 12.8 Å². The number of hydrogen-bond donors (Lipinski definition) is 0. The molecule has 0 spiro atoms. The lowest BCUT2D eigenvalue weighted by Gasteiger charge is -2.33. The molecule has 0 saturated carbocycles. The minimum atomic E-state index is -0.0423. The van der Waals surface area contributed by atoms with E-state index in [0.29, 0.717) is 31.7 Å². The maximum Gasteiger partial charge on any atom is 0.260 e. The quantitative estimate of drug-likeness (QED) is 0.831. The fourth-order valence-corrected chi connectivity index (χ4v) is 3.18. The van der Waals surface area contributed by atoms with Crippen LogP contribution < -0.4 is 9.64 Å². The molecule has 0 N–H and O–H groups in total. The van der Waals surface area contributed by atoms with E-state index in [9.17, 15) is 9.59 Å². The second kappa shape index (κ2) is 8.52. The Bertz CT molecular complexity index is 725. The van der Waals surface area contributed by atoms with E-state index in [1.54, 1.807) is 9.80 Å². The largest absolute Gasteiger partial charge is 0.484 e. The van der Waals surface area contributed by atoms with Crippen molar-refractivity contribution in [3.8, 4) is 5.75 Å². The zero-order valence-corrected chi connectivity index (χ0v) is 15.0. The van der Waals surface area contributed by atoms with Crippen molar-refractivity contribution < 1.29 is 14.3 Å². The minimum absolute atomic E-state index is 0.0313. The van der Waals surface area contributed by atoms with E-state index in [0.717, 1.165) is 5.69 Å². The molecule has 5 heteroatoms. The molecule has 26 heavy (non-hydrogen) atoms. The van der Waals surface area contributed by atoms with Gasteiger partial charge < -0.3 is 14.5 Å². The van der Waals surface area contributed by atoms with E-state index in [1.165, 1.54) is 0 Å². The molecule has 0 bridgehead atoms. The number of rotatable bonds is 5. The molecule has 1 fully saturated rings. The molecule has 0 unspecified atom stereocenters. The van der Waals surface area contributed by atoms with Gasteiger partial charge in [0.2, 0.25) is 5.91 Å². The normalized spacial score (nSPS) is 14.7. The monoisotopic (exact) mass is 352 g/mol. The Hall–Kier alpha value is -2.82. The summed E-state index contributed by atoms with van der Waals surface area (Å²) < 4.78 is 5.52. The van der Waals surface area contributed by atoms with Crippen LogP contribution in [0.4, 0.5) is 5.69 Å². The topological polar surface area (TPSA) is 49.9 Å². The molecule has 1 aliphatic rings. The summed E-state index contributed by atoms with van der Waals surface area (Å²) >= 11 is 0. The maximum atomic E-state index is 12.7. The van der Waals surface area contributed by atoms with Gasteiger partial charge in [-0.25, -0.2) is 0 Å². The van der Waals surface area contributed by atoms with Crippen LogP contribution in [0.15, 0.2) is 60.7 Å². The Kier molecular flexibility index (Phi) is 5.89. The van der Waals surface area contributed by atoms with Crippen molar-refractivity contribution in [1.29, 1.82) is 0 Å². The van der Waals surface area contributed by atoms with E-state index < -0.39 is 0 Å². The number of anilines is 1. The molecule has 2 aromatic rings. The Morgan fingerprint density at radius 1 is 1.00 bits per heavy atom. The summed E-state index contributed by atoms with van der Waals surface area (Å²) in [6, 6.07) is 19.0. The van der Waals surface area contributed by atoms with Gasteiger partial charge in [0, 0.05) is 31.7 Å².